The van der Waals surface area contributed by atoms with E-state index in [-0.39, 0.29) is 17.4 Å². The Kier molecular flexibility index (Phi) is 6.36. The van der Waals surface area contributed by atoms with Gasteiger partial charge in [-0.05, 0) is 66.3 Å². The van der Waals surface area contributed by atoms with Crippen LogP contribution in [0, 0.1) is 5.92 Å². The molecule has 0 spiro atoms. The number of hydrogen-bond acceptors (Lipinski definition) is 4. The summed E-state index contributed by atoms with van der Waals surface area (Å²) >= 11 is 0. The summed E-state index contributed by atoms with van der Waals surface area (Å²) in [4.78, 5) is 30.6. The number of ether oxygens (including phenoxy) is 1. The van der Waals surface area contributed by atoms with Crippen LogP contribution in [0.15, 0.2) is 71.5 Å². The van der Waals surface area contributed by atoms with Gasteiger partial charge in [-0.15, -0.1) is 0 Å². The summed E-state index contributed by atoms with van der Waals surface area (Å²) in [6.07, 6.45) is 3.48. The minimum Gasteiger partial charge on any atom is -0.497 e. The summed E-state index contributed by atoms with van der Waals surface area (Å²) in [6, 6.07) is 21.6. The van der Waals surface area contributed by atoms with Crippen molar-refractivity contribution >= 4 is 22.5 Å². The van der Waals surface area contributed by atoms with Crippen molar-refractivity contribution in [1.82, 2.24) is 9.55 Å². The number of fused-ring (bicyclic) bond motifs is 1. The Morgan fingerprint density at radius 3 is 2.34 bits per heavy atom. The number of aromatic nitrogens is 2. The van der Waals surface area contributed by atoms with E-state index >= 15 is 0 Å². The van der Waals surface area contributed by atoms with E-state index in [1.807, 2.05) is 36.4 Å². The molecule has 0 saturated heterocycles. The monoisotopic (exact) mass is 467 g/mol. The van der Waals surface area contributed by atoms with Crippen LogP contribution < -0.4 is 15.6 Å². The molecule has 0 aliphatic heterocycles. The number of carbonyl (C=O) groups is 1. The molecule has 1 saturated carbocycles. The number of methoxy groups -OCH3 is 1. The Balaban J connectivity index is 1.45. The summed E-state index contributed by atoms with van der Waals surface area (Å²) in [6.45, 7) is 2.53. The van der Waals surface area contributed by atoms with Crippen molar-refractivity contribution in [1.29, 1.82) is 0 Å². The standard InChI is InChI=1S/C29H29N3O3/c1-3-4-27-31-26-16-13-23(30-28(33)22-9-10-22)17-25(26)29(34)32(27)18-19-5-7-20(8-6-19)21-11-14-24(35-2)15-12-21/h5-8,11-17,22H,3-4,9-10,18H2,1-2H3,(H,30,33). The average molecular weight is 468 g/mol. The number of amides is 1. The Hall–Kier alpha value is -3.93. The maximum atomic E-state index is 13.6. The number of nitrogens with one attached hydrogen (secondary N) is 1. The first-order chi connectivity index (χ1) is 17.1. The van der Waals surface area contributed by atoms with Gasteiger partial charge in [0.05, 0.1) is 24.6 Å². The summed E-state index contributed by atoms with van der Waals surface area (Å²) in [7, 11) is 1.66. The Labute approximate surface area is 204 Å². The molecule has 6 heteroatoms. The van der Waals surface area contributed by atoms with Crippen LogP contribution in [0.1, 0.15) is 37.6 Å². The van der Waals surface area contributed by atoms with Crippen LogP contribution in [-0.2, 0) is 17.8 Å². The van der Waals surface area contributed by atoms with Gasteiger partial charge in [0.1, 0.15) is 11.6 Å². The summed E-state index contributed by atoms with van der Waals surface area (Å²) in [5, 5.41) is 3.46. The first-order valence-electron chi connectivity index (χ1n) is 12.1. The quantitative estimate of drug-likeness (QED) is 0.375. The molecule has 0 bridgehead atoms. The SMILES string of the molecule is CCCc1nc2ccc(NC(=O)C3CC3)cc2c(=O)n1Cc1ccc(-c2ccc(OC)cc2)cc1. The molecule has 0 unspecified atom stereocenters. The topological polar surface area (TPSA) is 73.2 Å². The zero-order chi connectivity index (χ0) is 24.4. The lowest BCUT2D eigenvalue weighted by Crippen LogP contribution is -2.26. The first-order valence-corrected chi connectivity index (χ1v) is 12.1. The van der Waals surface area contributed by atoms with Crippen molar-refractivity contribution in [2.24, 2.45) is 5.92 Å². The van der Waals surface area contributed by atoms with Gasteiger partial charge < -0.3 is 10.1 Å². The van der Waals surface area contributed by atoms with Gasteiger partial charge in [0.2, 0.25) is 5.91 Å². The van der Waals surface area contributed by atoms with E-state index in [4.69, 9.17) is 9.72 Å². The molecule has 0 atom stereocenters. The van der Waals surface area contributed by atoms with Crippen molar-refractivity contribution in [2.45, 2.75) is 39.2 Å². The van der Waals surface area contributed by atoms with Crippen LogP contribution in [0.2, 0.25) is 0 Å². The lowest BCUT2D eigenvalue weighted by Gasteiger charge is -2.14. The second-order valence-corrected chi connectivity index (χ2v) is 9.09. The molecule has 1 amide bonds. The number of benzene rings is 3. The highest BCUT2D eigenvalue weighted by molar-refractivity contribution is 5.96. The highest BCUT2D eigenvalue weighted by atomic mass is 16.5. The smallest absolute Gasteiger partial charge is 0.261 e. The molecule has 1 aliphatic rings. The molecule has 1 N–H and O–H groups in total. The molecule has 1 aliphatic carbocycles. The molecule has 178 valence electrons. The van der Waals surface area contributed by atoms with E-state index in [1.165, 1.54) is 0 Å². The van der Waals surface area contributed by atoms with Crippen LogP contribution in [0.5, 0.6) is 5.75 Å². The van der Waals surface area contributed by atoms with E-state index in [9.17, 15) is 9.59 Å². The van der Waals surface area contributed by atoms with E-state index in [2.05, 4.69) is 36.5 Å². The molecule has 1 aromatic heterocycles. The number of aryl methyl sites for hydroxylation is 1. The fraction of sp³-hybridized carbons (Fsp3) is 0.276. The van der Waals surface area contributed by atoms with Crippen molar-refractivity contribution in [3.63, 3.8) is 0 Å². The minimum absolute atomic E-state index is 0.0252. The van der Waals surface area contributed by atoms with Gasteiger partial charge in [0, 0.05) is 18.0 Å². The summed E-state index contributed by atoms with van der Waals surface area (Å²) in [5.74, 6) is 1.73. The van der Waals surface area contributed by atoms with E-state index in [0.29, 0.717) is 23.1 Å². The van der Waals surface area contributed by atoms with E-state index in [1.54, 1.807) is 17.7 Å². The maximum Gasteiger partial charge on any atom is 0.261 e. The van der Waals surface area contributed by atoms with Gasteiger partial charge in [0.15, 0.2) is 0 Å². The molecule has 5 rings (SSSR count). The van der Waals surface area contributed by atoms with Crippen LogP contribution in [0.4, 0.5) is 5.69 Å². The fourth-order valence-corrected chi connectivity index (χ4v) is 4.28. The largest absolute Gasteiger partial charge is 0.497 e. The average Bonchev–Trinajstić information content (AvgIpc) is 3.73. The summed E-state index contributed by atoms with van der Waals surface area (Å²) < 4.78 is 7.01. The Morgan fingerprint density at radius 1 is 1.03 bits per heavy atom. The molecule has 6 nitrogen and oxygen atoms in total. The van der Waals surface area contributed by atoms with E-state index in [0.717, 1.165) is 53.9 Å². The second kappa shape index (κ2) is 9.74. The van der Waals surface area contributed by atoms with Crippen LogP contribution in [-0.4, -0.2) is 22.6 Å². The maximum absolute atomic E-state index is 13.6. The number of nitrogens with zero attached hydrogens (tertiary/aromatic N) is 2. The van der Waals surface area contributed by atoms with Gasteiger partial charge in [-0.3, -0.25) is 14.2 Å². The highest BCUT2D eigenvalue weighted by Crippen LogP contribution is 2.30. The number of carbonyl (C=O) groups excluding carboxylic acids is 1. The lowest BCUT2D eigenvalue weighted by atomic mass is 10.0. The predicted octanol–water partition coefficient (Wildman–Crippen LogP) is 5.42. The normalized spacial score (nSPS) is 13.1. The third kappa shape index (κ3) is 4.97. The zero-order valence-corrected chi connectivity index (χ0v) is 20.1. The van der Waals surface area contributed by atoms with Crippen LogP contribution >= 0.6 is 0 Å². The number of hydrogen-bond donors (Lipinski definition) is 1. The van der Waals surface area contributed by atoms with Crippen molar-refractivity contribution in [2.75, 3.05) is 12.4 Å². The minimum atomic E-state index is -0.0831. The van der Waals surface area contributed by atoms with Gasteiger partial charge in [0.25, 0.3) is 5.56 Å². The zero-order valence-electron chi connectivity index (χ0n) is 20.1. The van der Waals surface area contributed by atoms with E-state index < -0.39 is 0 Å². The molecule has 35 heavy (non-hydrogen) atoms. The van der Waals surface area contributed by atoms with Crippen molar-refractivity contribution in [3.8, 4) is 16.9 Å². The molecule has 1 heterocycles. The highest BCUT2D eigenvalue weighted by Gasteiger charge is 2.29. The third-order valence-corrected chi connectivity index (χ3v) is 6.44. The Bertz CT molecular complexity index is 1420. The van der Waals surface area contributed by atoms with Gasteiger partial charge in [-0.1, -0.05) is 43.3 Å². The van der Waals surface area contributed by atoms with Gasteiger partial charge in [-0.25, -0.2) is 4.98 Å². The van der Waals surface area contributed by atoms with Crippen LogP contribution in [0.3, 0.4) is 0 Å². The summed E-state index contributed by atoms with van der Waals surface area (Å²) in [5.41, 5.74) is 4.46. The molecular formula is C29H29N3O3. The molecule has 3 aromatic carbocycles. The second-order valence-electron chi connectivity index (χ2n) is 9.09. The van der Waals surface area contributed by atoms with Gasteiger partial charge >= 0.3 is 0 Å². The van der Waals surface area contributed by atoms with Crippen LogP contribution in [0.25, 0.3) is 22.0 Å². The van der Waals surface area contributed by atoms with Gasteiger partial charge in [-0.2, -0.15) is 0 Å². The van der Waals surface area contributed by atoms with Crippen molar-refractivity contribution in [3.05, 3.63) is 88.5 Å². The third-order valence-electron chi connectivity index (χ3n) is 6.44. The lowest BCUT2D eigenvalue weighted by molar-refractivity contribution is -0.117. The first kappa shape index (κ1) is 22.8. The Morgan fingerprint density at radius 2 is 1.71 bits per heavy atom. The molecule has 4 aromatic rings. The predicted molar refractivity (Wildman–Crippen MR) is 139 cm³/mol. The molecular weight excluding hydrogens is 438 g/mol. The molecule has 1 fully saturated rings. The fourth-order valence-electron chi connectivity index (χ4n) is 4.28. The molecule has 0 radical (unpaired) electrons. The number of anilines is 1. The number of rotatable bonds is 8. The van der Waals surface area contributed by atoms with Crippen molar-refractivity contribution < 1.29 is 9.53 Å².